The van der Waals surface area contributed by atoms with Crippen LogP contribution >= 0.6 is 11.8 Å². The number of para-hydroxylation sites is 1. The Morgan fingerprint density at radius 2 is 2.18 bits per heavy atom. The monoisotopic (exact) mass is 248 g/mol. The van der Waals surface area contributed by atoms with Crippen LogP contribution in [0.15, 0.2) is 34.9 Å². The van der Waals surface area contributed by atoms with Gasteiger partial charge < -0.3 is 4.42 Å². The Kier molecular flexibility index (Phi) is 3.89. The van der Waals surface area contributed by atoms with Gasteiger partial charge in [-0.2, -0.15) is 11.8 Å². The molecule has 0 saturated carbocycles. The first-order valence-electron chi connectivity index (χ1n) is 5.83. The molecule has 90 valence electrons. The number of carbonyl (C=O) groups is 1. The topological polar surface area (TPSA) is 30.2 Å². The molecule has 1 aromatic heterocycles. The number of hydrogen-bond acceptors (Lipinski definition) is 3. The second-order valence-corrected chi connectivity index (χ2v) is 5.53. The Labute approximate surface area is 105 Å². The van der Waals surface area contributed by atoms with Crippen molar-refractivity contribution in [3.05, 3.63) is 36.1 Å². The Bertz CT molecular complexity index is 516. The van der Waals surface area contributed by atoms with E-state index in [4.69, 9.17) is 4.42 Å². The average Bonchev–Trinajstić information content (AvgIpc) is 2.79. The van der Waals surface area contributed by atoms with Gasteiger partial charge in [0.05, 0.1) is 11.3 Å². The lowest BCUT2D eigenvalue weighted by atomic mass is 10.1. The molecule has 2 aromatic rings. The van der Waals surface area contributed by atoms with Gasteiger partial charge in [0.15, 0.2) is 5.78 Å². The number of hydrogen-bond donors (Lipinski definition) is 0. The van der Waals surface area contributed by atoms with Crippen molar-refractivity contribution in [2.75, 3.05) is 5.75 Å². The molecule has 0 bridgehead atoms. The zero-order chi connectivity index (χ0) is 12.3. The van der Waals surface area contributed by atoms with Gasteiger partial charge in [0, 0.05) is 10.6 Å². The molecular weight excluding hydrogens is 232 g/mol. The smallest absolute Gasteiger partial charge is 0.176 e. The highest BCUT2D eigenvalue weighted by molar-refractivity contribution is 8.00. The molecule has 0 amide bonds. The zero-order valence-electron chi connectivity index (χ0n) is 10.1. The van der Waals surface area contributed by atoms with Crippen LogP contribution in [0.2, 0.25) is 0 Å². The predicted molar refractivity (Wildman–Crippen MR) is 72.8 cm³/mol. The van der Waals surface area contributed by atoms with Crippen molar-refractivity contribution in [3.8, 4) is 0 Å². The van der Waals surface area contributed by atoms with Crippen molar-refractivity contribution in [1.82, 2.24) is 0 Å². The summed E-state index contributed by atoms with van der Waals surface area (Å²) < 4.78 is 5.37. The van der Waals surface area contributed by atoms with Crippen LogP contribution in [0.5, 0.6) is 0 Å². The van der Waals surface area contributed by atoms with Gasteiger partial charge in [0.25, 0.3) is 0 Å². The fourth-order valence-electron chi connectivity index (χ4n) is 1.61. The molecule has 0 fully saturated rings. The summed E-state index contributed by atoms with van der Waals surface area (Å²) in [5, 5.41) is 1.44. The molecule has 3 heteroatoms. The van der Waals surface area contributed by atoms with Crippen molar-refractivity contribution < 1.29 is 9.21 Å². The minimum Gasteiger partial charge on any atom is -0.464 e. The maximum atomic E-state index is 12.1. The maximum absolute atomic E-state index is 12.1. The molecule has 17 heavy (non-hydrogen) atoms. The molecule has 1 unspecified atom stereocenters. The molecule has 2 nitrogen and oxygen atoms in total. The standard InChI is InChI=1S/C14H16O2S/c1-3-10(2)17-9-13(15)12-8-16-14-7-5-4-6-11(12)14/h4-8,10H,3,9H2,1-2H3. The summed E-state index contributed by atoms with van der Waals surface area (Å²) in [5.41, 5.74) is 1.49. The average molecular weight is 248 g/mol. The molecule has 1 aromatic carbocycles. The van der Waals surface area contributed by atoms with Crippen LogP contribution in [-0.4, -0.2) is 16.8 Å². The summed E-state index contributed by atoms with van der Waals surface area (Å²) in [6.45, 7) is 4.28. The third-order valence-corrected chi connectivity index (χ3v) is 4.19. The Balaban J connectivity index is 2.14. The second-order valence-electron chi connectivity index (χ2n) is 4.10. The van der Waals surface area contributed by atoms with Crippen LogP contribution in [0.25, 0.3) is 11.0 Å². The van der Waals surface area contributed by atoms with Crippen LogP contribution in [0.3, 0.4) is 0 Å². The number of ketones is 1. The quantitative estimate of drug-likeness (QED) is 0.745. The SMILES string of the molecule is CCC(C)SCC(=O)c1coc2ccccc12. The van der Waals surface area contributed by atoms with Gasteiger partial charge in [-0.25, -0.2) is 0 Å². The number of rotatable bonds is 5. The molecule has 1 heterocycles. The van der Waals surface area contributed by atoms with Gasteiger partial charge in [0.2, 0.25) is 0 Å². The van der Waals surface area contributed by atoms with E-state index in [0.717, 1.165) is 17.4 Å². The molecule has 0 aliphatic carbocycles. The van der Waals surface area contributed by atoms with E-state index in [9.17, 15) is 4.79 Å². The van der Waals surface area contributed by atoms with Gasteiger partial charge in [-0.05, 0) is 12.5 Å². The first-order valence-corrected chi connectivity index (χ1v) is 6.88. The Hall–Kier alpha value is -1.22. The number of furan rings is 1. The lowest BCUT2D eigenvalue weighted by Crippen LogP contribution is -2.05. The van der Waals surface area contributed by atoms with Crippen LogP contribution in [0.1, 0.15) is 30.6 Å². The molecule has 0 N–H and O–H groups in total. The van der Waals surface area contributed by atoms with E-state index >= 15 is 0 Å². The van der Waals surface area contributed by atoms with Crippen molar-refractivity contribution in [2.45, 2.75) is 25.5 Å². The molecule has 1 atom stereocenters. The van der Waals surface area contributed by atoms with E-state index in [-0.39, 0.29) is 5.78 Å². The van der Waals surface area contributed by atoms with E-state index < -0.39 is 0 Å². The number of Topliss-reactive ketones (excluding diaryl/α,β-unsaturated/α-hetero) is 1. The number of thioether (sulfide) groups is 1. The molecule has 0 aliphatic rings. The normalized spacial score (nSPS) is 12.8. The Morgan fingerprint density at radius 3 is 2.94 bits per heavy atom. The van der Waals surface area contributed by atoms with Crippen LogP contribution in [0, 0.1) is 0 Å². The van der Waals surface area contributed by atoms with E-state index in [1.165, 1.54) is 0 Å². The molecule has 2 rings (SSSR count). The highest BCUT2D eigenvalue weighted by atomic mass is 32.2. The van der Waals surface area contributed by atoms with Crippen molar-refractivity contribution >= 4 is 28.5 Å². The summed E-state index contributed by atoms with van der Waals surface area (Å²) >= 11 is 1.70. The fourth-order valence-corrected chi connectivity index (χ4v) is 2.43. The molecule has 0 aliphatic heterocycles. The van der Waals surface area contributed by atoms with Gasteiger partial charge in [-0.1, -0.05) is 32.0 Å². The molecule has 0 saturated heterocycles. The summed E-state index contributed by atoms with van der Waals surface area (Å²) in [6.07, 6.45) is 2.66. The van der Waals surface area contributed by atoms with Gasteiger partial charge in [-0.15, -0.1) is 0 Å². The molecular formula is C14H16O2S. The third-order valence-electron chi connectivity index (χ3n) is 2.86. The highest BCUT2D eigenvalue weighted by Crippen LogP contribution is 2.23. The number of carbonyl (C=O) groups excluding carboxylic acids is 1. The van der Waals surface area contributed by atoms with Gasteiger partial charge in [-0.3, -0.25) is 4.79 Å². The van der Waals surface area contributed by atoms with Gasteiger partial charge >= 0.3 is 0 Å². The van der Waals surface area contributed by atoms with E-state index in [2.05, 4.69) is 13.8 Å². The van der Waals surface area contributed by atoms with Crippen LogP contribution in [0.4, 0.5) is 0 Å². The lowest BCUT2D eigenvalue weighted by molar-refractivity contribution is 0.102. The summed E-state index contributed by atoms with van der Waals surface area (Å²) in [7, 11) is 0. The first-order chi connectivity index (χ1) is 8.22. The van der Waals surface area contributed by atoms with Crippen molar-refractivity contribution in [2.24, 2.45) is 0 Å². The zero-order valence-corrected chi connectivity index (χ0v) is 10.9. The Morgan fingerprint density at radius 1 is 1.41 bits per heavy atom. The third kappa shape index (κ3) is 2.72. The van der Waals surface area contributed by atoms with Crippen LogP contribution < -0.4 is 0 Å². The molecule has 0 spiro atoms. The molecule has 0 radical (unpaired) electrons. The minimum absolute atomic E-state index is 0.153. The summed E-state index contributed by atoms with van der Waals surface area (Å²) in [5.74, 6) is 0.679. The lowest BCUT2D eigenvalue weighted by Gasteiger charge is -2.06. The largest absolute Gasteiger partial charge is 0.464 e. The minimum atomic E-state index is 0.153. The summed E-state index contributed by atoms with van der Waals surface area (Å²) in [6, 6.07) is 7.65. The predicted octanol–water partition coefficient (Wildman–Crippen LogP) is 4.15. The van der Waals surface area contributed by atoms with Crippen molar-refractivity contribution in [1.29, 1.82) is 0 Å². The number of benzene rings is 1. The second kappa shape index (κ2) is 5.41. The fraction of sp³-hybridized carbons (Fsp3) is 0.357. The van der Waals surface area contributed by atoms with E-state index in [0.29, 0.717) is 16.6 Å². The maximum Gasteiger partial charge on any atom is 0.176 e. The number of fused-ring (bicyclic) bond motifs is 1. The van der Waals surface area contributed by atoms with Crippen molar-refractivity contribution in [3.63, 3.8) is 0 Å². The highest BCUT2D eigenvalue weighted by Gasteiger charge is 2.14. The van der Waals surface area contributed by atoms with Gasteiger partial charge in [0.1, 0.15) is 11.8 Å². The first kappa shape index (κ1) is 12.2. The van der Waals surface area contributed by atoms with E-state index in [1.807, 2.05) is 24.3 Å². The summed E-state index contributed by atoms with van der Waals surface area (Å²) in [4.78, 5) is 12.1. The van der Waals surface area contributed by atoms with E-state index in [1.54, 1.807) is 18.0 Å². The van der Waals surface area contributed by atoms with Crippen LogP contribution in [-0.2, 0) is 0 Å².